The highest BCUT2D eigenvalue weighted by Crippen LogP contribution is 2.34. The van der Waals surface area contributed by atoms with E-state index in [1.54, 1.807) is 30.6 Å². The first-order valence-corrected chi connectivity index (χ1v) is 12.4. The number of halogens is 1. The number of hydrogen-bond acceptors (Lipinski definition) is 6. The van der Waals surface area contributed by atoms with E-state index in [1.807, 2.05) is 37.8 Å². The summed E-state index contributed by atoms with van der Waals surface area (Å²) in [4.78, 5) is 33.8. The Morgan fingerprint density at radius 2 is 1.73 bits per heavy atom. The number of amides is 1. The van der Waals surface area contributed by atoms with E-state index in [-0.39, 0.29) is 24.1 Å². The zero-order valence-corrected chi connectivity index (χ0v) is 21.3. The van der Waals surface area contributed by atoms with Crippen molar-refractivity contribution in [1.29, 1.82) is 0 Å². The molecule has 2 fully saturated rings. The van der Waals surface area contributed by atoms with E-state index in [4.69, 9.17) is 9.47 Å². The number of nitrogens with zero attached hydrogens (tertiary/aromatic N) is 4. The number of carbonyl (C=O) groups excluding carboxylic acids is 1. The van der Waals surface area contributed by atoms with Gasteiger partial charge in [-0.05, 0) is 56.7 Å². The maximum Gasteiger partial charge on any atom is 0.410 e. The number of ether oxygens (including phenoxy) is 2. The molecule has 0 N–H and O–H groups in total. The Hall–Kier alpha value is -3.88. The van der Waals surface area contributed by atoms with Crippen LogP contribution in [-0.2, 0) is 11.3 Å². The number of benzene rings is 1. The van der Waals surface area contributed by atoms with Crippen LogP contribution in [0.5, 0.6) is 5.75 Å². The molecule has 1 amide bonds. The van der Waals surface area contributed by atoms with E-state index < -0.39 is 5.60 Å². The van der Waals surface area contributed by atoms with Crippen LogP contribution in [0.25, 0.3) is 5.69 Å². The molecule has 1 aromatic carbocycles. The van der Waals surface area contributed by atoms with Crippen LogP contribution in [0.1, 0.15) is 26.3 Å². The number of anilines is 1. The molecular formula is C28H31FN4O4. The van der Waals surface area contributed by atoms with Gasteiger partial charge in [-0.2, -0.15) is 0 Å². The van der Waals surface area contributed by atoms with E-state index in [2.05, 4.69) is 9.88 Å². The Kier molecular flexibility index (Phi) is 6.62. The maximum absolute atomic E-state index is 13.1. The summed E-state index contributed by atoms with van der Waals surface area (Å²) in [6.45, 7) is 8.93. The smallest absolute Gasteiger partial charge is 0.410 e. The predicted octanol–water partition coefficient (Wildman–Crippen LogP) is 4.25. The normalized spacial score (nSPS) is 19.1. The van der Waals surface area contributed by atoms with Gasteiger partial charge in [-0.1, -0.05) is 12.1 Å². The van der Waals surface area contributed by atoms with Crippen LogP contribution in [0, 0.1) is 17.7 Å². The maximum atomic E-state index is 13.1. The fourth-order valence-corrected chi connectivity index (χ4v) is 4.87. The average molecular weight is 507 g/mol. The van der Waals surface area contributed by atoms with Crippen LogP contribution in [0.15, 0.2) is 65.7 Å². The quantitative estimate of drug-likeness (QED) is 0.515. The number of pyridine rings is 2. The van der Waals surface area contributed by atoms with Crippen molar-refractivity contribution in [3.63, 3.8) is 0 Å². The molecule has 0 aliphatic carbocycles. The molecule has 2 aromatic heterocycles. The van der Waals surface area contributed by atoms with E-state index in [1.165, 1.54) is 22.8 Å². The summed E-state index contributed by atoms with van der Waals surface area (Å²) in [5.41, 5.74) is 0.749. The van der Waals surface area contributed by atoms with Crippen LogP contribution in [-0.4, -0.2) is 52.3 Å². The van der Waals surface area contributed by atoms with Gasteiger partial charge in [-0.15, -0.1) is 0 Å². The highest BCUT2D eigenvalue weighted by molar-refractivity contribution is 5.68. The minimum absolute atomic E-state index is 0.232. The second-order valence-corrected chi connectivity index (χ2v) is 10.7. The standard InChI is InChI=1S/C28H31FN4O4/c1-28(2,3)37-27(35)32-16-20-14-31(15-21(20)17-32)25-9-8-23(13-30-25)33-11-10-24(12-26(33)34)36-18-19-4-6-22(29)7-5-19/h4-13,20-21H,14-18H2,1-3H3. The second-order valence-electron chi connectivity index (χ2n) is 10.7. The molecule has 2 aliphatic rings. The zero-order valence-electron chi connectivity index (χ0n) is 21.3. The number of rotatable bonds is 5. The molecule has 0 bridgehead atoms. The first-order chi connectivity index (χ1) is 17.6. The lowest BCUT2D eigenvalue weighted by Crippen LogP contribution is -2.37. The van der Waals surface area contributed by atoms with Crippen molar-refractivity contribution in [2.75, 3.05) is 31.1 Å². The molecule has 8 nitrogen and oxygen atoms in total. The fourth-order valence-electron chi connectivity index (χ4n) is 4.87. The van der Waals surface area contributed by atoms with E-state index in [9.17, 15) is 14.0 Å². The molecule has 3 aromatic rings. The van der Waals surface area contributed by atoms with Crippen LogP contribution in [0.4, 0.5) is 15.0 Å². The fraction of sp³-hybridized carbons (Fsp3) is 0.393. The third-order valence-electron chi connectivity index (χ3n) is 6.68. The molecule has 194 valence electrons. The second kappa shape index (κ2) is 9.88. The van der Waals surface area contributed by atoms with Crippen LogP contribution < -0.4 is 15.2 Å². The topological polar surface area (TPSA) is 76.9 Å². The molecule has 0 saturated carbocycles. The summed E-state index contributed by atoms with van der Waals surface area (Å²) in [6.07, 6.45) is 3.11. The first kappa shape index (κ1) is 24.8. The van der Waals surface area contributed by atoms with Crippen LogP contribution >= 0.6 is 0 Å². The van der Waals surface area contributed by atoms with Gasteiger partial charge in [-0.3, -0.25) is 9.36 Å². The zero-order chi connectivity index (χ0) is 26.2. The molecule has 0 spiro atoms. The molecule has 9 heteroatoms. The monoisotopic (exact) mass is 506 g/mol. The highest BCUT2D eigenvalue weighted by atomic mass is 19.1. The molecule has 2 atom stereocenters. The molecule has 2 aliphatic heterocycles. The number of carbonyl (C=O) groups is 1. The average Bonchev–Trinajstić information content (AvgIpc) is 3.43. The molecule has 37 heavy (non-hydrogen) atoms. The van der Waals surface area contributed by atoms with E-state index >= 15 is 0 Å². The summed E-state index contributed by atoms with van der Waals surface area (Å²) in [7, 11) is 0. The summed E-state index contributed by atoms with van der Waals surface area (Å²) < 4.78 is 25.8. The lowest BCUT2D eigenvalue weighted by Gasteiger charge is -2.26. The Morgan fingerprint density at radius 3 is 2.32 bits per heavy atom. The number of likely N-dealkylation sites (tertiary alicyclic amines) is 1. The molecule has 5 rings (SSSR count). The third-order valence-corrected chi connectivity index (χ3v) is 6.68. The number of hydrogen-bond donors (Lipinski definition) is 0. The van der Waals surface area contributed by atoms with Gasteiger partial charge < -0.3 is 19.3 Å². The Labute approximate surface area is 215 Å². The van der Waals surface area contributed by atoms with Gasteiger partial charge in [0.15, 0.2) is 0 Å². The Morgan fingerprint density at radius 1 is 1.03 bits per heavy atom. The van der Waals surface area contributed by atoms with Gasteiger partial charge in [0.2, 0.25) is 0 Å². The summed E-state index contributed by atoms with van der Waals surface area (Å²) in [5, 5.41) is 0. The van der Waals surface area contributed by atoms with Gasteiger partial charge in [-0.25, -0.2) is 14.2 Å². The van der Waals surface area contributed by atoms with Crippen molar-refractivity contribution < 1.29 is 18.7 Å². The van der Waals surface area contributed by atoms with Gasteiger partial charge in [0, 0.05) is 50.3 Å². The minimum atomic E-state index is -0.494. The minimum Gasteiger partial charge on any atom is -0.489 e. The Balaban J connectivity index is 1.18. The first-order valence-electron chi connectivity index (χ1n) is 12.4. The summed E-state index contributed by atoms with van der Waals surface area (Å²) >= 11 is 0. The summed E-state index contributed by atoms with van der Waals surface area (Å²) in [6, 6.07) is 13.0. The SMILES string of the molecule is CC(C)(C)OC(=O)N1CC2CN(c3ccc(-n4ccc(OCc5ccc(F)cc5)cc4=O)cn3)CC2C1. The van der Waals surface area contributed by atoms with E-state index in [0.717, 1.165) is 24.5 Å². The molecule has 4 heterocycles. The lowest BCUT2D eigenvalue weighted by atomic mass is 10.0. The van der Waals surface area contributed by atoms with Gasteiger partial charge in [0.1, 0.15) is 29.6 Å². The van der Waals surface area contributed by atoms with Crippen molar-refractivity contribution in [3.05, 3.63) is 82.7 Å². The molecular weight excluding hydrogens is 475 g/mol. The van der Waals surface area contributed by atoms with Gasteiger partial charge in [0.05, 0.1) is 11.9 Å². The molecule has 2 saturated heterocycles. The van der Waals surface area contributed by atoms with Crippen molar-refractivity contribution in [2.24, 2.45) is 11.8 Å². The van der Waals surface area contributed by atoms with Crippen molar-refractivity contribution in [1.82, 2.24) is 14.5 Å². The van der Waals surface area contributed by atoms with Crippen LogP contribution in [0.2, 0.25) is 0 Å². The van der Waals surface area contributed by atoms with Crippen molar-refractivity contribution in [2.45, 2.75) is 33.0 Å². The number of fused-ring (bicyclic) bond motifs is 1. The highest BCUT2D eigenvalue weighted by Gasteiger charge is 2.43. The van der Waals surface area contributed by atoms with Gasteiger partial charge in [0.25, 0.3) is 5.56 Å². The molecule has 2 unspecified atom stereocenters. The van der Waals surface area contributed by atoms with Crippen LogP contribution in [0.3, 0.4) is 0 Å². The van der Waals surface area contributed by atoms with Crippen molar-refractivity contribution in [3.8, 4) is 11.4 Å². The van der Waals surface area contributed by atoms with E-state index in [0.29, 0.717) is 36.4 Å². The summed E-state index contributed by atoms with van der Waals surface area (Å²) in [5.74, 6) is 1.77. The largest absolute Gasteiger partial charge is 0.489 e. The van der Waals surface area contributed by atoms with Crippen molar-refractivity contribution >= 4 is 11.9 Å². The Bertz CT molecular complexity index is 1300. The third kappa shape index (κ3) is 5.76. The predicted molar refractivity (Wildman–Crippen MR) is 138 cm³/mol. The molecule has 0 radical (unpaired) electrons. The van der Waals surface area contributed by atoms with Gasteiger partial charge >= 0.3 is 6.09 Å². The lowest BCUT2D eigenvalue weighted by molar-refractivity contribution is 0.0282. The number of aromatic nitrogens is 2.